The third kappa shape index (κ3) is 3.43. The minimum absolute atomic E-state index is 0.685. The highest BCUT2D eigenvalue weighted by molar-refractivity contribution is 5.14. The van der Waals surface area contributed by atoms with Crippen LogP contribution in [0.15, 0.2) is 42.9 Å². The molecule has 2 aromatic rings. The van der Waals surface area contributed by atoms with Crippen molar-refractivity contribution in [3.05, 3.63) is 54.1 Å². The molecule has 3 heteroatoms. The quantitative estimate of drug-likeness (QED) is 0.823. The maximum absolute atomic E-state index is 5.57. The van der Waals surface area contributed by atoms with Crippen LogP contribution in [-0.2, 0) is 19.4 Å². The van der Waals surface area contributed by atoms with Gasteiger partial charge in [0.05, 0.1) is 6.33 Å². The number of hydrogen-bond acceptors (Lipinski definition) is 2. The first-order chi connectivity index (χ1) is 8.40. The summed E-state index contributed by atoms with van der Waals surface area (Å²) in [6.07, 6.45) is 6.97. The van der Waals surface area contributed by atoms with Crippen LogP contribution in [0.5, 0.6) is 0 Å². The molecule has 0 bridgehead atoms. The van der Waals surface area contributed by atoms with Crippen LogP contribution < -0.4 is 5.73 Å². The lowest BCUT2D eigenvalue weighted by Crippen LogP contribution is -2.09. The van der Waals surface area contributed by atoms with Gasteiger partial charge in [-0.15, -0.1) is 0 Å². The average molecular weight is 229 g/mol. The molecular formula is C14H19N3. The van der Waals surface area contributed by atoms with Crippen molar-refractivity contribution in [3.63, 3.8) is 0 Å². The SMILES string of the molecule is NCCc1cncn1CCCc1ccccc1. The molecule has 0 unspecified atom stereocenters. The van der Waals surface area contributed by atoms with Crippen molar-refractivity contribution in [1.29, 1.82) is 0 Å². The molecule has 0 aliphatic heterocycles. The monoisotopic (exact) mass is 229 g/mol. The van der Waals surface area contributed by atoms with Gasteiger partial charge in [-0.05, 0) is 24.9 Å². The number of rotatable bonds is 6. The van der Waals surface area contributed by atoms with Gasteiger partial charge in [0.1, 0.15) is 0 Å². The summed E-state index contributed by atoms with van der Waals surface area (Å²) in [7, 11) is 0. The summed E-state index contributed by atoms with van der Waals surface area (Å²) >= 11 is 0. The van der Waals surface area contributed by atoms with Crippen molar-refractivity contribution >= 4 is 0 Å². The van der Waals surface area contributed by atoms with Crippen LogP contribution in [-0.4, -0.2) is 16.1 Å². The molecule has 17 heavy (non-hydrogen) atoms. The van der Waals surface area contributed by atoms with Crippen molar-refractivity contribution in [1.82, 2.24) is 9.55 Å². The predicted molar refractivity (Wildman–Crippen MR) is 69.7 cm³/mol. The maximum Gasteiger partial charge on any atom is 0.0948 e. The van der Waals surface area contributed by atoms with Crippen molar-refractivity contribution < 1.29 is 0 Å². The summed E-state index contributed by atoms with van der Waals surface area (Å²) in [5.41, 5.74) is 8.20. The van der Waals surface area contributed by atoms with Crippen LogP contribution >= 0.6 is 0 Å². The van der Waals surface area contributed by atoms with E-state index in [0.29, 0.717) is 6.54 Å². The van der Waals surface area contributed by atoms with E-state index < -0.39 is 0 Å². The number of nitrogens with zero attached hydrogens (tertiary/aromatic N) is 2. The van der Waals surface area contributed by atoms with E-state index in [1.807, 2.05) is 12.5 Å². The molecule has 0 fully saturated rings. The van der Waals surface area contributed by atoms with E-state index in [9.17, 15) is 0 Å². The van der Waals surface area contributed by atoms with Gasteiger partial charge in [-0.25, -0.2) is 4.98 Å². The first-order valence-electron chi connectivity index (χ1n) is 6.13. The Morgan fingerprint density at radius 3 is 2.71 bits per heavy atom. The molecule has 1 aromatic carbocycles. The lowest BCUT2D eigenvalue weighted by atomic mass is 10.1. The largest absolute Gasteiger partial charge is 0.335 e. The third-order valence-electron chi connectivity index (χ3n) is 2.91. The Kier molecular flexibility index (Phi) is 4.33. The fraction of sp³-hybridized carbons (Fsp3) is 0.357. The van der Waals surface area contributed by atoms with Crippen molar-refractivity contribution in [2.45, 2.75) is 25.8 Å². The van der Waals surface area contributed by atoms with E-state index in [1.165, 1.54) is 11.3 Å². The van der Waals surface area contributed by atoms with E-state index in [1.54, 1.807) is 0 Å². The number of imidazole rings is 1. The van der Waals surface area contributed by atoms with Crippen LogP contribution in [0.1, 0.15) is 17.7 Å². The minimum Gasteiger partial charge on any atom is -0.335 e. The van der Waals surface area contributed by atoms with Gasteiger partial charge >= 0.3 is 0 Å². The Morgan fingerprint density at radius 1 is 1.12 bits per heavy atom. The molecule has 2 rings (SSSR count). The zero-order valence-electron chi connectivity index (χ0n) is 10.0. The molecular weight excluding hydrogens is 210 g/mol. The first kappa shape index (κ1) is 11.9. The molecule has 0 aliphatic carbocycles. The van der Waals surface area contributed by atoms with Crippen LogP contribution in [0.3, 0.4) is 0 Å². The standard InChI is InChI=1S/C14H19N3/c15-9-8-14-11-16-12-17(14)10-4-7-13-5-2-1-3-6-13/h1-3,5-6,11-12H,4,7-10,15H2. The second-order valence-electron chi connectivity index (χ2n) is 4.21. The number of nitrogens with two attached hydrogens (primary N) is 1. The number of aromatic nitrogens is 2. The normalized spacial score (nSPS) is 10.6. The second-order valence-corrected chi connectivity index (χ2v) is 4.21. The lowest BCUT2D eigenvalue weighted by molar-refractivity contribution is 0.615. The van der Waals surface area contributed by atoms with Crippen LogP contribution in [0.4, 0.5) is 0 Å². The highest BCUT2D eigenvalue weighted by Crippen LogP contribution is 2.06. The molecule has 1 heterocycles. The van der Waals surface area contributed by atoms with Gasteiger partial charge < -0.3 is 10.3 Å². The van der Waals surface area contributed by atoms with Gasteiger partial charge in [-0.2, -0.15) is 0 Å². The summed E-state index contributed by atoms with van der Waals surface area (Å²) in [6.45, 7) is 1.70. The van der Waals surface area contributed by atoms with Crippen molar-refractivity contribution in [2.75, 3.05) is 6.54 Å². The molecule has 0 saturated heterocycles. The summed E-state index contributed by atoms with van der Waals surface area (Å²) in [5.74, 6) is 0. The fourth-order valence-electron chi connectivity index (χ4n) is 2.00. The zero-order chi connectivity index (χ0) is 11.9. The smallest absolute Gasteiger partial charge is 0.0948 e. The molecule has 0 radical (unpaired) electrons. The lowest BCUT2D eigenvalue weighted by Gasteiger charge is -2.07. The van der Waals surface area contributed by atoms with Gasteiger partial charge in [0.15, 0.2) is 0 Å². The van der Waals surface area contributed by atoms with Gasteiger partial charge in [0.2, 0.25) is 0 Å². The highest BCUT2D eigenvalue weighted by Gasteiger charge is 2.00. The highest BCUT2D eigenvalue weighted by atomic mass is 15.0. The van der Waals surface area contributed by atoms with Gasteiger partial charge in [0, 0.05) is 24.9 Å². The zero-order valence-corrected chi connectivity index (χ0v) is 10.0. The molecule has 3 nitrogen and oxygen atoms in total. The van der Waals surface area contributed by atoms with Gasteiger partial charge in [0.25, 0.3) is 0 Å². The summed E-state index contributed by atoms with van der Waals surface area (Å²) in [6, 6.07) is 10.6. The van der Waals surface area contributed by atoms with Crippen molar-refractivity contribution in [2.24, 2.45) is 5.73 Å². The molecule has 0 spiro atoms. The Hall–Kier alpha value is -1.61. The maximum atomic E-state index is 5.57. The van der Waals surface area contributed by atoms with Crippen LogP contribution in [0.25, 0.3) is 0 Å². The number of hydrogen-bond donors (Lipinski definition) is 1. The first-order valence-corrected chi connectivity index (χ1v) is 6.13. The molecule has 0 amide bonds. The van der Waals surface area contributed by atoms with Crippen molar-refractivity contribution in [3.8, 4) is 0 Å². The summed E-state index contributed by atoms with van der Waals surface area (Å²) < 4.78 is 2.20. The fourth-order valence-corrected chi connectivity index (χ4v) is 2.00. The number of benzene rings is 1. The Balaban J connectivity index is 1.84. The molecule has 90 valence electrons. The summed E-state index contributed by atoms with van der Waals surface area (Å²) in [5, 5.41) is 0. The Labute approximate surface area is 102 Å². The van der Waals surface area contributed by atoms with Crippen LogP contribution in [0.2, 0.25) is 0 Å². The van der Waals surface area contributed by atoms with Gasteiger partial charge in [-0.3, -0.25) is 0 Å². The second kappa shape index (κ2) is 6.21. The van der Waals surface area contributed by atoms with E-state index in [2.05, 4.69) is 39.9 Å². The molecule has 0 atom stereocenters. The van der Waals surface area contributed by atoms with Gasteiger partial charge in [-0.1, -0.05) is 30.3 Å². The number of aryl methyl sites for hydroxylation is 2. The predicted octanol–water partition coefficient (Wildman–Crippen LogP) is 2.02. The third-order valence-corrected chi connectivity index (χ3v) is 2.91. The molecule has 1 aromatic heterocycles. The topological polar surface area (TPSA) is 43.8 Å². The Morgan fingerprint density at radius 2 is 1.94 bits per heavy atom. The molecule has 0 aliphatic rings. The molecule has 0 saturated carbocycles. The molecule has 2 N–H and O–H groups in total. The summed E-state index contributed by atoms with van der Waals surface area (Å²) in [4.78, 5) is 4.17. The van der Waals surface area contributed by atoms with Crippen LogP contribution in [0, 0.1) is 0 Å². The van der Waals surface area contributed by atoms with E-state index >= 15 is 0 Å². The van der Waals surface area contributed by atoms with E-state index in [-0.39, 0.29) is 0 Å². The minimum atomic E-state index is 0.685. The van der Waals surface area contributed by atoms with E-state index in [0.717, 1.165) is 25.8 Å². The van der Waals surface area contributed by atoms with E-state index in [4.69, 9.17) is 5.73 Å². The average Bonchev–Trinajstić information content (AvgIpc) is 2.79. The Bertz CT molecular complexity index is 434.